The smallest absolute Gasteiger partial charge is 0.410 e. The molecule has 3 nitrogen and oxygen atoms in total. The van der Waals surface area contributed by atoms with Crippen LogP contribution in [0.5, 0.6) is 0 Å². The lowest BCUT2D eigenvalue weighted by Gasteiger charge is -2.38. The number of rotatable bonds is 1. The molecule has 0 saturated carbocycles. The standard InChI is InChI=1S/C16H21BrFNO2/c1-16(2,3)21-15(20)19-9-8-13(18)10-14(19)11-4-6-12(17)7-5-11/h4-7,13-14H,8-10H2,1-3H3. The first-order valence-electron chi connectivity index (χ1n) is 7.15. The van der Waals surface area contributed by atoms with Crippen LogP contribution in [0.3, 0.4) is 0 Å². The highest BCUT2D eigenvalue weighted by Crippen LogP contribution is 2.34. The summed E-state index contributed by atoms with van der Waals surface area (Å²) in [4.78, 5) is 14.0. The van der Waals surface area contributed by atoms with Crippen LogP contribution in [-0.2, 0) is 4.74 Å². The van der Waals surface area contributed by atoms with Gasteiger partial charge in [-0.25, -0.2) is 9.18 Å². The zero-order valence-corrected chi connectivity index (χ0v) is 14.2. The monoisotopic (exact) mass is 357 g/mol. The molecule has 0 aromatic heterocycles. The van der Waals surface area contributed by atoms with E-state index in [2.05, 4.69) is 15.9 Å². The van der Waals surface area contributed by atoms with E-state index in [-0.39, 0.29) is 12.1 Å². The molecule has 1 aliphatic heterocycles. The Labute approximate surface area is 133 Å². The fourth-order valence-electron chi connectivity index (χ4n) is 2.46. The lowest BCUT2D eigenvalue weighted by Crippen LogP contribution is -2.44. The number of piperidine rings is 1. The summed E-state index contributed by atoms with van der Waals surface area (Å²) in [6.07, 6.45) is -0.563. The van der Waals surface area contributed by atoms with Crippen molar-refractivity contribution >= 4 is 22.0 Å². The van der Waals surface area contributed by atoms with Crippen molar-refractivity contribution in [1.82, 2.24) is 4.90 Å². The molecule has 1 heterocycles. The Hall–Kier alpha value is -1.10. The molecule has 1 amide bonds. The third-order valence-electron chi connectivity index (χ3n) is 3.42. The number of hydrogen-bond donors (Lipinski definition) is 0. The van der Waals surface area contributed by atoms with Crippen molar-refractivity contribution in [3.63, 3.8) is 0 Å². The molecule has 2 rings (SSSR count). The van der Waals surface area contributed by atoms with Gasteiger partial charge in [0.1, 0.15) is 11.8 Å². The molecular weight excluding hydrogens is 337 g/mol. The van der Waals surface area contributed by atoms with Gasteiger partial charge in [0, 0.05) is 17.4 Å². The summed E-state index contributed by atoms with van der Waals surface area (Å²) in [5.41, 5.74) is 0.389. The summed E-state index contributed by atoms with van der Waals surface area (Å²) in [5, 5.41) is 0. The maximum atomic E-state index is 13.8. The topological polar surface area (TPSA) is 29.5 Å². The van der Waals surface area contributed by atoms with Gasteiger partial charge >= 0.3 is 6.09 Å². The van der Waals surface area contributed by atoms with Crippen LogP contribution in [0.25, 0.3) is 0 Å². The summed E-state index contributed by atoms with van der Waals surface area (Å²) in [7, 11) is 0. The minimum atomic E-state index is -0.877. The first kappa shape index (κ1) is 16.3. The number of carbonyl (C=O) groups excluding carboxylic acids is 1. The second kappa shape index (κ2) is 6.34. The molecule has 116 valence electrons. The van der Waals surface area contributed by atoms with E-state index in [9.17, 15) is 9.18 Å². The number of likely N-dealkylation sites (tertiary alicyclic amines) is 1. The molecule has 5 heteroatoms. The van der Waals surface area contributed by atoms with E-state index in [4.69, 9.17) is 4.74 Å². The number of benzene rings is 1. The average Bonchev–Trinajstić information content (AvgIpc) is 2.37. The zero-order valence-electron chi connectivity index (χ0n) is 12.6. The minimum Gasteiger partial charge on any atom is -0.444 e. The second-order valence-electron chi connectivity index (χ2n) is 6.36. The third-order valence-corrected chi connectivity index (χ3v) is 3.95. The Morgan fingerprint density at radius 2 is 1.95 bits per heavy atom. The van der Waals surface area contributed by atoms with Crippen LogP contribution < -0.4 is 0 Å². The van der Waals surface area contributed by atoms with E-state index in [1.54, 1.807) is 4.90 Å². The van der Waals surface area contributed by atoms with Gasteiger partial charge in [-0.1, -0.05) is 28.1 Å². The zero-order chi connectivity index (χ0) is 15.6. The fraction of sp³-hybridized carbons (Fsp3) is 0.562. The highest BCUT2D eigenvalue weighted by atomic mass is 79.9. The quantitative estimate of drug-likeness (QED) is 0.718. The first-order valence-corrected chi connectivity index (χ1v) is 7.95. The molecule has 1 aliphatic rings. The maximum Gasteiger partial charge on any atom is 0.410 e. The van der Waals surface area contributed by atoms with Crippen molar-refractivity contribution in [3.05, 3.63) is 34.3 Å². The molecule has 0 N–H and O–H groups in total. The number of nitrogens with zero attached hydrogens (tertiary/aromatic N) is 1. The van der Waals surface area contributed by atoms with Gasteiger partial charge in [0.05, 0.1) is 6.04 Å². The Morgan fingerprint density at radius 3 is 2.52 bits per heavy atom. The molecule has 0 radical (unpaired) electrons. The number of carbonyl (C=O) groups is 1. The molecular formula is C16H21BrFNO2. The number of alkyl halides is 1. The first-order chi connectivity index (χ1) is 9.76. The van der Waals surface area contributed by atoms with Crippen LogP contribution in [-0.4, -0.2) is 29.3 Å². The van der Waals surface area contributed by atoms with E-state index in [1.165, 1.54) is 0 Å². The van der Waals surface area contributed by atoms with E-state index < -0.39 is 11.8 Å². The van der Waals surface area contributed by atoms with Gasteiger partial charge in [-0.05, 0) is 44.9 Å². The van der Waals surface area contributed by atoms with Gasteiger partial charge < -0.3 is 9.64 Å². The number of ether oxygens (including phenoxy) is 1. The summed E-state index contributed by atoms with van der Waals surface area (Å²) in [6, 6.07) is 7.39. The summed E-state index contributed by atoms with van der Waals surface area (Å²) >= 11 is 3.39. The normalized spacial score (nSPS) is 23.0. The third kappa shape index (κ3) is 4.43. The molecule has 2 atom stereocenters. The van der Waals surface area contributed by atoms with Gasteiger partial charge in [0.25, 0.3) is 0 Å². The van der Waals surface area contributed by atoms with E-state index in [1.807, 2.05) is 45.0 Å². The molecule has 2 unspecified atom stereocenters. The van der Waals surface area contributed by atoms with Crippen molar-refractivity contribution in [3.8, 4) is 0 Å². The summed E-state index contributed by atoms with van der Waals surface area (Å²) < 4.78 is 20.2. The Morgan fingerprint density at radius 1 is 1.33 bits per heavy atom. The van der Waals surface area contributed by atoms with Crippen LogP contribution in [0.4, 0.5) is 9.18 Å². The SMILES string of the molecule is CC(C)(C)OC(=O)N1CCC(F)CC1c1ccc(Br)cc1. The maximum absolute atomic E-state index is 13.8. The Balaban J connectivity index is 2.21. The van der Waals surface area contributed by atoms with Gasteiger partial charge in [0.15, 0.2) is 0 Å². The van der Waals surface area contributed by atoms with Gasteiger partial charge in [-0.3, -0.25) is 0 Å². The largest absolute Gasteiger partial charge is 0.444 e. The molecule has 1 aromatic rings. The minimum absolute atomic E-state index is 0.267. The van der Waals surface area contributed by atoms with E-state index in [0.29, 0.717) is 19.4 Å². The number of halogens is 2. The van der Waals surface area contributed by atoms with Gasteiger partial charge in [-0.15, -0.1) is 0 Å². The highest BCUT2D eigenvalue weighted by Gasteiger charge is 2.35. The van der Waals surface area contributed by atoms with Crippen LogP contribution in [0.1, 0.15) is 45.2 Å². The van der Waals surface area contributed by atoms with Crippen LogP contribution in [0.2, 0.25) is 0 Å². The van der Waals surface area contributed by atoms with E-state index in [0.717, 1.165) is 10.0 Å². The van der Waals surface area contributed by atoms with Crippen molar-refractivity contribution in [2.45, 2.75) is 51.4 Å². The summed E-state index contributed by atoms with van der Waals surface area (Å²) in [5.74, 6) is 0. The van der Waals surface area contributed by atoms with Crippen molar-refractivity contribution in [1.29, 1.82) is 0 Å². The predicted molar refractivity (Wildman–Crippen MR) is 84.0 cm³/mol. The van der Waals surface area contributed by atoms with Crippen molar-refractivity contribution in [2.75, 3.05) is 6.54 Å². The van der Waals surface area contributed by atoms with Gasteiger partial charge in [0.2, 0.25) is 0 Å². The number of amides is 1. The number of hydrogen-bond acceptors (Lipinski definition) is 2. The Kier molecular flexibility index (Phi) is 4.91. The lowest BCUT2D eigenvalue weighted by molar-refractivity contribution is 0.00165. The average molecular weight is 358 g/mol. The van der Waals surface area contributed by atoms with Crippen LogP contribution in [0, 0.1) is 0 Å². The highest BCUT2D eigenvalue weighted by molar-refractivity contribution is 9.10. The predicted octanol–water partition coefficient (Wildman–Crippen LogP) is 4.86. The molecule has 0 bridgehead atoms. The lowest BCUT2D eigenvalue weighted by atomic mass is 9.94. The second-order valence-corrected chi connectivity index (χ2v) is 7.28. The summed E-state index contributed by atoms with van der Waals surface area (Å²) in [6.45, 7) is 5.89. The van der Waals surface area contributed by atoms with Crippen molar-refractivity contribution < 1.29 is 13.9 Å². The van der Waals surface area contributed by atoms with Gasteiger partial charge in [-0.2, -0.15) is 0 Å². The molecule has 1 aromatic carbocycles. The van der Waals surface area contributed by atoms with E-state index >= 15 is 0 Å². The molecule has 0 aliphatic carbocycles. The Bertz CT molecular complexity index is 498. The van der Waals surface area contributed by atoms with Crippen LogP contribution in [0.15, 0.2) is 28.7 Å². The molecule has 1 fully saturated rings. The van der Waals surface area contributed by atoms with Crippen molar-refractivity contribution in [2.24, 2.45) is 0 Å². The fourth-order valence-corrected chi connectivity index (χ4v) is 2.73. The molecule has 0 spiro atoms. The molecule has 21 heavy (non-hydrogen) atoms. The molecule has 1 saturated heterocycles. The van der Waals surface area contributed by atoms with Crippen LogP contribution >= 0.6 is 15.9 Å².